The second-order valence-corrected chi connectivity index (χ2v) is 5.39. The van der Waals surface area contributed by atoms with Gasteiger partial charge in [0, 0.05) is 12.2 Å². The zero-order valence-electron chi connectivity index (χ0n) is 12.5. The lowest BCUT2D eigenvalue weighted by atomic mass is 10.0. The van der Waals surface area contributed by atoms with Crippen LogP contribution in [0.25, 0.3) is 10.8 Å². The van der Waals surface area contributed by atoms with Crippen molar-refractivity contribution in [2.24, 2.45) is 0 Å². The molecular formula is C19H19NO. The molecule has 0 unspecified atom stereocenters. The van der Waals surface area contributed by atoms with E-state index in [0.717, 1.165) is 36.2 Å². The number of carbonyl (C=O) groups is 1. The summed E-state index contributed by atoms with van der Waals surface area (Å²) >= 11 is 0. The summed E-state index contributed by atoms with van der Waals surface area (Å²) in [6, 6.07) is 16.9. The second kappa shape index (κ2) is 5.57. The van der Waals surface area contributed by atoms with Crippen LogP contribution in [0.4, 0.5) is 0 Å². The molecule has 2 heteroatoms. The van der Waals surface area contributed by atoms with E-state index in [1.54, 1.807) is 0 Å². The van der Waals surface area contributed by atoms with Gasteiger partial charge in [-0.05, 0) is 41.3 Å². The summed E-state index contributed by atoms with van der Waals surface area (Å²) in [5, 5.41) is 2.49. The van der Waals surface area contributed by atoms with E-state index in [1.807, 2.05) is 0 Å². The molecule has 0 atom stereocenters. The largest absolute Gasteiger partial charge is 0.338 e. The molecule has 2 nitrogen and oxygen atoms in total. The van der Waals surface area contributed by atoms with Gasteiger partial charge in [-0.3, -0.25) is 4.79 Å². The number of carbonyl (C=O) groups excluding carboxylic acids is 1. The van der Waals surface area contributed by atoms with Gasteiger partial charge in [0.2, 0.25) is 0 Å². The highest BCUT2D eigenvalue weighted by Gasteiger charge is 2.12. The van der Waals surface area contributed by atoms with Gasteiger partial charge in [-0.15, -0.1) is 0 Å². The molecule has 21 heavy (non-hydrogen) atoms. The third kappa shape index (κ3) is 2.38. The number of aryl methyl sites for hydroxylation is 2. The van der Waals surface area contributed by atoms with Crippen LogP contribution in [-0.4, -0.2) is 10.9 Å². The molecule has 0 N–H and O–H groups in total. The Morgan fingerprint density at radius 2 is 1.81 bits per heavy atom. The predicted octanol–water partition coefficient (Wildman–Crippen LogP) is 4.37. The van der Waals surface area contributed by atoms with Gasteiger partial charge in [-0.25, -0.2) is 0 Å². The first kappa shape index (κ1) is 13.6. The maximum atomic E-state index is 11.5. The number of hydrogen-bond acceptors (Lipinski definition) is 1. The molecule has 3 rings (SSSR count). The molecule has 0 aliphatic heterocycles. The van der Waals surface area contributed by atoms with Crippen LogP contribution in [-0.2, 0) is 13.0 Å². The average molecular weight is 277 g/mol. The van der Waals surface area contributed by atoms with Crippen molar-refractivity contribution in [1.29, 1.82) is 0 Å². The Labute approximate surface area is 125 Å². The summed E-state index contributed by atoms with van der Waals surface area (Å²) in [6.07, 6.45) is 1.87. The van der Waals surface area contributed by atoms with E-state index >= 15 is 0 Å². The highest BCUT2D eigenvalue weighted by atomic mass is 16.1. The molecule has 0 amide bonds. The third-order valence-electron chi connectivity index (χ3n) is 4.13. The van der Waals surface area contributed by atoms with Crippen LogP contribution in [0, 0.1) is 6.92 Å². The number of benzene rings is 2. The monoisotopic (exact) mass is 277 g/mol. The van der Waals surface area contributed by atoms with Crippen molar-refractivity contribution in [1.82, 2.24) is 4.57 Å². The van der Waals surface area contributed by atoms with E-state index in [1.165, 1.54) is 16.3 Å². The van der Waals surface area contributed by atoms with Gasteiger partial charge in [0.1, 0.15) is 0 Å². The van der Waals surface area contributed by atoms with Crippen molar-refractivity contribution in [3.8, 4) is 0 Å². The zero-order valence-corrected chi connectivity index (χ0v) is 12.5. The Morgan fingerprint density at radius 1 is 1.05 bits per heavy atom. The summed E-state index contributed by atoms with van der Waals surface area (Å²) in [5.41, 5.74) is 4.32. The number of aldehydes is 1. The Bertz CT molecular complexity index is 793. The topological polar surface area (TPSA) is 22.0 Å². The molecule has 1 heterocycles. The fraction of sp³-hybridized carbons (Fsp3) is 0.211. The van der Waals surface area contributed by atoms with Crippen LogP contribution < -0.4 is 0 Å². The lowest BCUT2D eigenvalue weighted by molar-refractivity contribution is 0.111. The molecule has 0 fully saturated rings. The molecule has 0 spiro atoms. The Morgan fingerprint density at radius 3 is 2.57 bits per heavy atom. The van der Waals surface area contributed by atoms with E-state index in [-0.39, 0.29) is 0 Å². The molecule has 0 aliphatic rings. The van der Waals surface area contributed by atoms with Crippen molar-refractivity contribution in [3.05, 3.63) is 71.0 Å². The van der Waals surface area contributed by atoms with Crippen LogP contribution in [0.1, 0.15) is 34.2 Å². The molecule has 2 aromatic carbocycles. The first-order valence-electron chi connectivity index (χ1n) is 7.35. The minimum atomic E-state index is 0.737. The summed E-state index contributed by atoms with van der Waals surface area (Å²) in [5.74, 6) is 0. The van der Waals surface area contributed by atoms with Gasteiger partial charge in [0.05, 0.1) is 5.69 Å². The molecule has 0 aliphatic carbocycles. The Hall–Kier alpha value is -2.35. The van der Waals surface area contributed by atoms with Crippen molar-refractivity contribution in [2.75, 3.05) is 0 Å². The van der Waals surface area contributed by atoms with Crippen molar-refractivity contribution in [3.63, 3.8) is 0 Å². The van der Waals surface area contributed by atoms with Gasteiger partial charge in [-0.1, -0.05) is 49.4 Å². The minimum Gasteiger partial charge on any atom is -0.338 e. The van der Waals surface area contributed by atoms with Gasteiger partial charge in [0.25, 0.3) is 0 Å². The Kier molecular flexibility index (Phi) is 3.61. The first-order valence-corrected chi connectivity index (χ1v) is 7.35. The van der Waals surface area contributed by atoms with Crippen molar-refractivity contribution >= 4 is 17.1 Å². The summed E-state index contributed by atoms with van der Waals surface area (Å²) < 4.78 is 2.12. The fourth-order valence-electron chi connectivity index (χ4n) is 3.00. The van der Waals surface area contributed by atoms with Gasteiger partial charge >= 0.3 is 0 Å². The third-order valence-corrected chi connectivity index (χ3v) is 4.13. The maximum Gasteiger partial charge on any atom is 0.166 e. The molecule has 1 aromatic heterocycles. The standard InChI is InChI=1S/C19H19NO/c1-3-15-11-14(2)20(19(15)13-21)12-17-9-6-8-16-7-4-5-10-18(16)17/h4-11,13H,3,12H2,1-2H3. The van der Waals surface area contributed by atoms with E-state index in [9.17, 15) is 4.79 Å². The van der Waals surface area contributed by atoms with Gasteiger partial charge < -0.3 is 4.57 Å². The van der Waals surface area contributed by atoms with Crippen LogP contribution in [0.2, 0.25) is 0 Å². The molecule has 0 saturated heterocycles. The molecule has 3 aromatic rings. The molecule has 0 bridgehead atoms. The summed E-state index contributed by atoms with van der Waals surface area (Å²) in [4.78, 5) is 11.5. The van der Waals surface area contributed by atoms with E-state index in [4.69, 9.17) is 0 Å². The van der Waals surface area contributed by atoms with E-state index in [2.05, 4.69) is 66.9 Å². The second-order valence-electron chi connectivity index (χ2n) is 5.39. The molecule has 0 radical (unpaired) electrons. The predicted molar refractivity (Wildman–Crippen MR) is 87.0 cm³/mol. The maximum absolute atomic E-state index is 11.5. The average Bonchev–Trinajstić information content (AvgIpc) is 2.83. The highest BCUT2D eigenvalue weighted by molar-refractivity contribution is 5.85. The Balaban J connectivity index is 2.11. The van der Waals surface area contributed by atoms with Crippen LogP contribution >= 0.6 is 0 Å². The number of aromatic nitrogens is 1. The van der Waals surface area contributed by atoms with Crippen molar-refractivity contribution in [2.45, 2.75) is 26.8 Å². The van der Waals surface area contributed by atoms with E-state index in [0.29, 0.717) is 0 Å². The quantitative estimate of drug-likeness (QED) is 0.649. The molecule has 106 valence electrons. The van der Waals surface area contributed by atoms with Crippen molar-refractivity contribution < 1.29 is 4.79 Å². The van der Waals surface area contributed by atoms with Crippen LogP contribution in [0.5, 0.6) is 0 Å². The molecular weight excluding hydrogens is 258 g/mol. The number of hydrogen-bond donors (Lipinski definition) is 0. The van der Waals surface area contributed by atoms with Crippen LogP contribution in [0.3, 0.4) is 0 Å². The minimum absolute atomic E-state index is 0.737. The number of fused-ring (bicyclic) bond motifs is 1. The lowest BCUT2D eigenvalue weighted by Crippen LogP contribution is -2.07. The smallest absolute Gasteiger partial charge is 0.166 e. The number of rotatable bonds is 4. The van der Waals surface area contributed by atoms with Gasteiger partial charge in [-0.2, -0.15) is 0 Å². The zero-order chi connectivity index (χ0) is 14.8. The lowest BCUT2D eigenvalue weighted by Gasteiger charge is -2.12. The van der Waals surface area contributed by atoms with Gasteiger partial charge in [0.15, 0.2) is 6.29 Å². The number of nitrogens with zero attached hydrogens (tertiary/aromatic N) is 1. The summed E-state index contributed by atoms with van der Waals surface area (Å²) in [6.45, 7) is 4.89. The van der Waals surface area contributed by atoms with E-state index < -0.39 is 0 Å². The molecule has 0 saturated carbocycles. The summed E-state index contributed by atoms with van der Waals surface area (Å²) in [7, 11) is 0. The highest BCUT2D eigenvalue weighted by Crippen LogP contribution is 2.22. The fourth-order valence-corrected chi connectivity index (χ4v) is 3.00. The SMILES string of the molecule is CCc1cc(C)n(Cc2cccc3ccccc23)c1C=O. The van der Waals surface area contributed by atoms with Crippen LogP contribution in [0.15, 0.2) is 48.5 Å². The normalized spacial score (nSPS) is 11.0. The first-order chi connectivity index (χ1) is 10.2.